The van der Waals surface area contributed by atoms with Gasteiger partial charge in [0, 0.05) is 29.6 Å². The van der Waals surface area contributed by atoms with E-state index >= 15 is 0 Å². The minimum absolute atomic E-state index is 0.0873. The maximum absolute atomic E-state index is 12.4. The fourth-order valence-corrected chi connectivity index (χ4v) is 2.21. The Balaban J connectivity index is 2.50. The van der Waals surface area contributed by atoms with Crippen LogP contribution in [0.4, 0.5) is 11.4 Å². The zero-order valence-electron chi connectivity index (χ0n) is 13.2. The number of ketones is 2. The van der Waals surface area contributed by atoms with Crippen molar-refractivity contribution in [3.8, 4) is 0 Å². The molecule has 0 fully saturated rings. The summed E-state index contributed by atoms with van der Waals surface area (Å²) in [6.45, 7) is 3.49. The summed E-state index contributed by atoms with van der Waals surface area (Å²) in [4.78, 5) is 24.3. The lowest BCUT2D eigenvalue weighted by Gasteiger charge is -2.06. The number of azo groups is 1. The van der Waals surface area contributed by atoms with Gasteiger partial charge in [-0.25, -0.2) is 0 Å². The van der Waals surface area contributed by atoms with Gasteiger partial charge in [0.25, 0.3) is 5.69 Å². The Hall–Kier alpha value is -2.82. The van der Waals surface area contributed by atoms with Crippen LogP contribution in [0.2, 0.25) is 0 Å². The average Bonchev–Trinajstić information content (AvgIpc) is 2.60. The molecule has 0 aliphatic carbocycles. The van der Waals surface area contributed by atoms with Crippen LogP contribution in [0.25, 0.3) is 0 Å². The van der Waals surface area contributed by atoms with Crippen LogP contribution in [0, 0.1) is 5.21 Å². The second-order valence-corrected chi connectivity index (χ2v) is 4.96. The number of carbonyl (C=O) groups is 2. The van der Waals surface area contributed by atoms with Crippen LogP contribution < -0.4 is 0 Å². The van der Waals surface area contributed by atoms with Crippen molar-refractivity contribution in [3.63, 3.8) is 0 Å². The summed E-state index contributed by atoms with van der Waals surface area (Å²) >= 11 is 0. The average molecular weight is 310 g/mol. The molecule has 0 amide bonds. The molecule has 0 aromatic heterocycles. The Morgan fingerprint density at radius 3 is 2.09 bits per heavy atom. The highest BCUT2D eigenvalue weighted by atomic mass is 16.5. The highest BCUT2D eigenvalue weighted by Crippen LogP contribution is 2.25. The Morgan fingerprint density at radius 1 is 0.913 bits per heavy atom. The molecule has 2 aromatic carbocycles. The smallest absolute Gasteiger partial charge is 0.255 e. The first-order valence-electron chi connectivity index (χ1n) is 7.51. The highest BCUT2D eigenvalue weighted by molar-refractivity contribution is 6.00. The van der Waals surface area contributed by atoms with Crippen molar-refractivity contribution < 1.29 is 14.4 Å². The quantitative estimate of drug-likeness (QED) is 0.333. The van der Waals surface area contributed by atoms with E-state index in [2.05, 4.69) is 5.11 Å². The lowest BCUT2D eigenvalue weighted by Crippen LogP contribution is -2.03. The van der Waals surface area contributed by atoms with E-state index in [1.165, 1.54) is 0 Å². The van der Waals surface area contributed by atoms with Gasteiger partial charge in [-0.05, 0) is 23.1 Å². The van der Waals surface area contributed by atoms with E-state index in [1.807, 2.05) is 0 Å². The van der Waals surface area contributed by atoms with Crippen molar-refractivity contribution in [2.75, 3.05) is 0 Å². The van der Waals surface area contributed by atoms with Gasteiger partial charge in [0.15, 0.2) is 11.6 Å². The third-order valence-corrected chi connectivity index (χ3v) is 3.46. The molecule has 5 nitrogen and oxygen atoms in total. The molecule has 5 heteroatoms. The number of hydrogen-bond acceptors (Lipinski definition) is 4. The molecule has 0 atom stereocenters. The maximum Gasteiger partial charge on any atom is 0.255 e. The maximum atomic E-state index is 12.4. The molecule has 0 aliphatic heterocycles. The van der Waals surface area contributed by atoms with Crippen molar-refractivity contribution in [2.24, 2.45) is 5.11 Å². The largest absolute Gasteiger partial charge is 0.594 e. The standard InChI is InChI=1S/C18H18N2O3/c1-3-17(21)13-9-5-7-11-15(13)19-20(23)16-12-8-6-10-14(16)18(22)4-2/h5-12H,3-4H2,1-2H3. The summed E-state index contributed by atoms with van der Waals surface area (Å²) in [6, 6.07) is 13.2. The molecular weight excluding hydrogens is 292 g/mol. The Morgan fingerprint density at radius 2 is 1.43 bits per heavy atom. The summed E-state index contributed by atoms with van der Waals surface area (Å²) in [5.74, 6) is -0.217. The zero-order chi connectivity index (χ0) is 16.8. The summed E-state index contributed by atoms with van der Waals surface area (Å²) in [7, 11) is 0. The minimum Gasteiger partial charge on any atom is -0.594 e. The molecule has 0 aliphatic rings. The fourth-order valence-electron chi connectivity index (χ4n) is 2.21. The number of para-hydroxylation sites is 1. The van der Waals surface area contributed by atoms with Gasteiger partial charge in [0.05, 0.1) is 5.56 Å². The van der Waals surface area contributed by atoms with E-state index < -0.39 is 0 Å². The van der Waals surface area contributed by atoms with Crippen molar-refractivity contribution >= 4 is 22.9 Å². The summed E-state index contributed by atoms with van der Waals surface area (Å²) in [5.41, 5.74) is 1.20. The Labute approximate surface area is 134 Å². The zero-order valence-corrected chi connectivity index (χ0v) is 13.2. The molecule has 0 radical (unpaired) electrons. The van der Waals surface area contributed by atoms with Crippen LogP contribution in [-0.4, -0.2) is 16.4 Å². The lowest BCUT2D eigenvalue weighted by atomic mass is 10.1. The molecule has 0 heterocycles. The predicted octanol–water partition coefficient (Wildman–Crippen LogP) is 4.80. The third kappa shape index (κ3) is 3.69. The second kappa shape index (κ2) is 7.45. The number of hydrogen-bond donors (Lipinski definition) is 0. The van der Waals surface area contributed by atoms with Gasteiger partial charge in [-0.3, -0.25) is 9.59 Å². The van der Waals surface area contributed by atoms with Gasteiger partial charge < -0.3 is 5.21 Å². The summed E-state index contributed by atoms with van der Waals surface area (Å²) in [5, 5.41) is 16.4. The van der Waals surface area contributed by atoms with Gasteiger partial charge >= 0.3 is 0 Å². The van der Waals surface area contributed by atoms with E-state index in [4.69, 9.17) is 0 Å². The van der Waals surface area contributed by atoms with Gasteiger partial charge in [0.2, 0.25) is 0 Å². The monoisotopic (exact) mass is 310 g/mol. The van der Waals surface area contributed by atoms with Crippen LogP contribution in [-0.2, 0) is 0 Å². The minimum atomic E-state index is -0.130. The molecule has 0 saturated heterocycles. The first-order chi connectivity index (χ1) is 11.1. The van der Waals surface area contributed by atoms with Gasteiger partial charge in [-0.1, -0.05) is 38.1 Å². The van der Waals surface area contributed by atoms with E-state index in [-0.39, 0.29) is 17.3 Å². The Kier molecular flexibility index (Phi) is 5.36. The van der Waals surface area contributed by atoms with Gasteiger partial charge in [-0.15, -0.1) is 0 Å². The predicted molar refractivity (Wildman–Crippen MR) is 87.5 cm³/mol. The van der Waals surface area contributed by atoms with Crippen LogP contribution in [0.5, 0.6) is 0 Å². The van der Waals surface area contributed by atoms with Crippen molar-refractivity contribution in [2.45, 2.75) is 26.7 Å². The molecular formula is C18H18N2O3. The first-order valence-corrected chi connectivity index (χ1v) is 7.51. The van der Waals surface area contributed by atoms with Gasteiger partial charge in [0.1, 0.15) is 5.69 Å². The molecule has 2 aromatic rings. The normalized spacial score (nSPS) is 11.3. The molecule has 0 N–H and O–H groups in total. The fraction of sp³-hybridized carbons (Fsp3) is 0.222. The van der Waals surface area contributed by atoms with Crippen LogP contribution in [0.1, 0.15) is 47.4 Å². The van der Waals surface area contributed by atoms with E-state index in [1.54, 1.807) is 62.4 Å². The van der Waals surface area contributed by atoms with Crippen LogP contribution in [0.15, 0.2) is 53.6 Å². The highest BCUT2D eigenvalue weighted by Gasteiger charge is 2.18. The third-order valence-electron chi connectivity index (χ3n) is 3.46. The van der Waals surface area contributed by atoms with Crippen LogP contribution >= 0.6 is 0 Å². The summed E-state index contributed by atoms with van der Waals surface area (Å²) < 4.78 is 0. The number of carbonyl (C=O) groups excluding carboxylic acids is 2. The Bertz CT molecular complexity index is 766. The molecule has 0 saturated carbocycles. The lowest BCUT2D eigenvalue weighted by molar-refractivity contribution is -0.435. The van der Waals surface area contributed by atoms with Gasteiger partial charge in [-0.2, -0.15) is 0 Å². The van der Waals surface area contributed by atoms with Crippen molar-refractivity contribution in [3.05, 3.63) is 64.9 Å². The molecule has 118 valence electrons. The van der Waals surface area contributed by atoms with E-state index in [0.717, 1.165) is 0 Å². The number of nitrogens with zero attached hydrogens (tertiary/aromatic N) is 2. The molecule has 23 heavy (non-hydrogen) atoms. The van der Waals surface area contributed by atoms with Crippen molar-refractivity contribution in [1.29, 1.82) is 0 Å². The van der Waals surface area contributed by atoms with E-state index in [0.29, 0.717) is 34.5 Å². The van der Waals surface area contributed by atoms with Crippen molar-refractivity contribution in [1.82, 2.24) is 0 Å². The number of rotatable bonds is 6. The first kappa shape index (κ1) is 16.5. The topological polar surface area (TPSA) is 72.6 Å². The molecule has 0 spiro atoms. The molecule has 0 unspecified atom stereocenters. The summed E-state index contributed by atoms with van der Waals surface area (Å²) in [6.07, 6.45) is 0.631. The van der Waals surface area contributed by atoms with E-state index in [9.17, 15) is 14.8 Å². The number of benzene rings is 2. The second-order valence-electron chi connectivity index (χ2n) is 4.96. The number of Topliss-reactive ketones (excluding diaryl/α,β-unsaturated/α-hetero) is 2. The molecule has 0 bridgehead atoms. The SMILES string of the molecule is CCC(=O)c1ccccc1N=[N+]([O-])c1ccccc1C(=O)CC. The molecule has 2 rings (SSSR count). The van der Waals surface area contributed by atoms with Crippen LogP contribution in [0.3, 0.4) is 0 Å².